The predicted molar refractivity (Wildman–Crippen MR) is 410 cm³/mol. The van der Waals surface area contributed by atoms with E-state index in [1.807, 2.05) is 16.0 Å². The Kier molecular flexibility index (Phi) is 40.3. The largest absolute Gasteiger partial charge is 0.481 e. The van der Waals surface area contributed by atoms with E-state index in [0.717, 1.165) is 64.7 Å². The average Bonchev–Trinajstić information content (AvgIpc) is 0.827. The SMILES string of the molecule is CCCCCCCCCNC(=O)N[C@@H](Cc1cccc2ccccc12)C(=O)N[C@@H](CC(N)=O)C(=O)N[C@@H](CC(=O)O)C(=O)NC1C(=O)NCC(=O)NC(CCCN)C(=O)NC(CC(=O)O)C(=O)NC(C)C(=O)NC(CC(=O)O)C(=O)NCC(=O)NC(CO)C(=O)NC(C(C)CC(=O)O)C(=O)NC(CC(=O)c2ccccc2N)C(=O)OC1C. The van der Waals surface area contributed by atoms with Gasteiger partial charge in [-0.05, 0) is 74.0 Å². The van der Waals surface area contributed by atoms with Crippen molar-refractivity contribution >= 4 is 135 Å². The number of carboxylic acids is 4. The summed E-state index contributed by atoms with van der Waals surface area (Å²) in [6.45, 7) is 1.32. The van der Waals surface area contributed by atoms with Crippen LogP contribution in [-0.4, -0.2) is 249 Å². The van der Waals surface area contributed by atoms with Crippen molar-refractivity contribution in [2.45, 2.75) is 203 Å². The summed E-state index contributed by atoms with van der Waals surface area (Å²) in [7, 11) is 0. The summed E-state index contributed by atoms with van der Waals surface area (Å²) in [4.78, 5) is 273. The fourth-order valence-corrected chi connectivity index (χ4v) is 11.9. The van der Waals surface area contributed by atoms with Crippen LogP contribution in [0.1, 0.15) is 140 Å². The average molecular weight is 1650 g/mol. The molecule has 43 heteroatoms. The first-order valence-corrected chi connectivity index (χ1v) is 37.5. The van der Waals surface area contributed by atoms with Gasteiger partial charge in [-0.15, -0.1) is 0 Å². The summed E-state index contributed by atoms with van der Waals surface area (Å²) >= 11 is 0. The lowest BCUT2D eigenvalue weighted by Crippen LogP contribution is -2.62. The number of aliphatic carboxylic acids is 4. The van der Waals surface area contributed by atoms with Gasteiger partial charge in [0.1, 0.15) is 72.6 Å². The van der Waals surface area contributed by atoms with Gasteiger partial charge in [0.15, 0.2) is 5.78 Å². The Morgan fingerprint density at radius 2 is 1.07 bits per heavy atom. The van der Waals surface area contributed by atoms with Crippen LogP contribution in [0.3, 0.4) is 0 Å². The molecule has 4 rings (SSSR count). The molecule has 25 N–H and O–H groups in total. The molecule has 117 heavy (non-hydrogen) atoms. The summed E-state index contributed by atoms with van der Waals surface area (Å²) in [5.41, 5.74) is 17.5. The molecule has 0 spiro atoms. The van der Waals surface area contributed by atoms with Gasteiger partial charge in [0.05, 0.1) is 51.8 Å². The monoisotopic (exact) mass is 1650 g/mol. The van der Waals surface area contributed by atoms with Gasteiger partial charge < -0.3 is 122 Å². The van der Waals surface area contributed by atoms with Gasteiger partial charge in [-0.25, -0.2) is 9.59 Å². The van der Waals surface area contributed by atoms with E-state index in [-0.39, 0.29) is 37.2 Å². The summed E-state index contributed by atoms with van der Waals surface area (Å²) in [6, 6.07) is -6.23. The van der Waals surface area contributed by atoms with Crippen molar-refractivity contribution in [1.29, 1.82) is 0 Å². The number of para-hydroxylation sites is 1. The van der Waals surface area contributed by atoms with Gasteiger partial charge in [0, 0.05) is 30.6 Å². The molecule has 43 nitrogen and oxygen atoms in total. The zero-order valence-corrected chi connectivity index (χ0v) is 64.7. The normalized spacial score (nSPS) is 21.0. The van der Waals surface area contributed by atoms with Gasteiger partial charge in [0.25, 0.3) is 0 Å². The molecule has 1 aliphatic rings. The Morgan fingerprint density at radius 1 is 0.530 bits per heavy atom. The molecule has 1 saturated heterocycles. The van der Waals surface area contributed by atoms with E-state index in [1.165, 1.54) is 24.3 Å². The van der Waals surface area contributed by atoms with Gasteiger partial charge in [-0.3, -0.25) is 86.3 Å². The fraction of sp³-hybridized carbons (Fsp3) is 0.514. The molecule has 0 radical (unpaired) electrons. The molecule has 0 bridgehead atoms. The lowest BCUT2D eigenvalue weighted by Gasteiger charge is -2.30. The van der Waals surface area contributed by atoms with Crippen molar-refractivity contribution < 1.29 is 126 Å². The number of ether oxygens (including phenoxy) is 1. The number of nitrogens with one attached hydrogen (secondary N) is 14. The number of fused-ring (bicyclic) bond motifs is 1. The number of nitrogen functional groups attached to an aromatic ring is 1. The fourth-order valence-electron chi connectivity index (χ4n) is 11.9. The highest BCUT2D eigenvalue weighted by Gasteiger charge is 2.41. The van der Waals surface area contributed by atoms with Crippen LogP contribution in [0.15, 0.2) is 66.7 Å². The second kappa shape index (κ2) is 49.0. The number of rotatable bonds is 35. The number of ketones is 1. The molecule has 1 fully saturated rings. The second-order valence-electron chi connectivity index (χ2n) is 27.6. The molecule has 3 aromatic carbocycles. The lowest BCUT2D eigenvalue weighted by molar-refractivity contribution is -0.156. The molecule has 3 aromatic rings. The summed E-state index contributed by atoms with van der Waals surface area (Å²) in [5.74, 6) is -29.3. The molecule has 10 unspecified atom stereocenters. The maximum atomic E-state index is 14.9. The molecule has 1 aliphatic heterocycles. The van der Waals surface area contributed by atoms with E-state index in [0.29, 0.717) is 17.4 Å². The number of urea groups is 1. The number of carboxylic acid groups (broad SMARTS) is 4. The van der Waals surface area contributed by atoms with E-state index >= 15 is 0 Å². The summed E-state index contributed by atoms with van der Waals surface area (Å²) < 4.78 is 5.69. The van der Waals surface area contributed by atoms with Crippen LogP contribution >= 0.6 is 0 Å². The van der Waals surface area contributed by atoms with Crippen LogP contribution in [-0.2, 0) is 97.5 Å². The number of anilines is 1. The number of cyclic esters (lactones) is 1. The lowest BCUT2D eigenvalue weighted by atomic mass is 9.96. The van der Waals surface area contributed by atoms with Crippen LogP contribution in [0, 0.1) is 5.92 Å². The second-order valence-corrected chi connectivity index (χ2v) is 27.6. The van der Waals surface area contributed by atoms with Gasteiger partial charge in [0.2, 0.25) is 76.8 Å². The number of amides is 15. The van der Waals surface area contributed by atoms with Crippen LogP contribution in [0.25, 0.3) is 10.8 Å². The number of unbranched alkanes of at least 4 members (excludes halogenated alkanes) is 6. The Labute approximate surface area is 669 Å². The molecule has 13 atom stereocenters. The topological polar surface area (TPSA) is 698 Å². The number of Topliss-reactive ketones (excluding diaryl/α,β-unsaturated/α-hetero) is 1. The van der Waals surface area contributed by atoms with Crippen molar-refractivity contribution in [2.75, 3.05) is 38.5 Å². The number of nitrogens with two attached hydrogens (primary N) is 3. The minimum Gasteiger partial charge on any atom is -0.481 e. The number of aliphatic hydroxyl groups excluding tert-OH is 1. The van der Waals surface area contributed by atoms with Crippen molar-refractivity contribution in [3.8, 4) is 0 Å². The van der Waals surface area contributed by atoms with Crippen molar-refractivity contribution in [3.63, 3.8) is 0 Å². The minimum atomic E-state index is -2.46. The highest BCUT2D eigenvalue weighted by Crippen LogP contribution is 2.22. The maximum Gasteiger partial charge on any atom is 0.329 e. The summed E-state index contributed by atoms with van der Waals surface area (Å²) in [5, 5.41) is 82.1. The quantitative estimate of drug-likeness (QED) is 0.0113. The Morgan fingerprint density at radius 3 is 1.68 bits per heavy atom. The number of carbonyl (C=O) groups excluding carboxylic acids is 16. The number of esters is 1. The highest BCUT2D eigenvalue weighted by molar-refractivity contribution is 6.05. The number of carbonyl (C=O) groups is 20. The number of primary amides is 1. The van der Waals surface area contributed by atoms with E-state index in [9.17, 15) is 121 Å². The third kappa shape index (κ3) is 33.6. The van der Waals surface area contributed by atoms with Crippen LogP contribution < -0.4 is 91.6 Å². The molecule has 1 heterocycles. The summed E-state index contributed by atoms with van der Waals surface area (Å²) in [6.07, 6.45) is -3.52. The zero-order valence-electron chi connectivity index (χ0n) is 64.7. The third-order valence-corrected chi connectivity index (χ3v) is 18.1. The van der Waals surface area contributed by atoms with Gasteiger partial charge in [-0.2, -0.15) is 0 Å². The van der Waals surface area contributed by atoms with Gasteiger partial charge >= 0.3 is 35.9 Å². The van der Waals surface area contributed by atoms with Crippen molar-refractivity contribution in [3.05, 3.63) is 77.9 Å². The predicted octanol–water partition coefficient (Wildman–Crippen LogP) is -5.16. The maximum absolute atomic E-state index is 14.9. The van der Waals surface area contributed by atoms with Crippen LogP contribution in [0.5, 0.6) is 0 Å². The molecule has 0 saturated carbocycles. The van der Waals surface area contributed by atoms with Crippen LogP contribution in [0.4, 0.5) is 10.5 Å². The molecular weight excluding hydrogens is 1540 g/mol. The Balaban J connectivity index is 1.88. The van der Waals surface area contributed by atoms with Gasteiger partial charge in [-0.1, -0.05) is 107 Å². The molecule has 0 aromatic heterocycles. The highest BCUT2D eigenvalue weighted by atomic mass is 16.5. The van der Waals surface area contributed by atoms with Crippen molar-refractivity contribution in [1.82, 2.24) is 74.4 Å². The first kappa shape index (κ1) is 96.4. The van der Waals surface area contributed by atoms with Crippen LogP contribution in [0.2, 0.25) is 0 Å². The molecular formula is C74H103N17O26. The molecule has 15 amide bonds. The Bertz CT molecular complexity index is 4100. The van der Waals surface area contributed by atoms with E-state index in [1.54, 1.807) is 42.5 Å². The standard InChI is InChI=1S/C74H103N17O26/c1-5-6-7-8-9-10-15-26-78-74(116)89-46(28-41-20-16-19-40-18-11-12-21-42(40)41)67(109)85-47(30-54(77)94)68(110)87-50(33-60(103)104)69(111)91-62-39(4)117-73(115)51(29-53(93)43-22-13-14-23-44(43)76)88-72(114)61(37(2)27-57(97)98)90-70(112)52(36-92)83-56(96)34-79-64(106)48(31-58(99)100)84-63(105)38(3)81-66(108)49(32-59(101)102)86-65(107)45(24-17-25-75)82-55(95)35-80-71(62)113/h11-14,16,18-23,37-39,45-52,61-62,92H,5-10,15,17,24-36,75-76H2,1-4H3,(H2,77,94)(H,79,106)(H,80,113)(H,81,108)(H,82,95)(H,83,96)(H,84,105)(H,85,109)(H,86,107)(H,87,110)(H,88,114)(H,90,112)(H,91,111)(H,97,98)(H,99,100)(H,101,102)(H,103,104)(H2,78,89,116)/t37?,38?,39?,45?,46-,47-,48?,49?,50-,51?,52?,61?,62?/m0/s1. The number of aliphatic hydroxyl groups is 1. The smallest absolute Gasteiger partial charge is 0.329 e. The molecule has 640 valence electrons. The van der Waals surface area contributed by atoms with E-state index in [4.69, 9.17) is 21.9 Å². The first-order chi connectivity index (χ1) is 55.4. The number of hydrogen-bond donors (Lipinski definition) is 22. The number of hydrogen-bond acceptors (Lipinski definition) is 24. The van der Waals surface area contributed by atoms with E-state index in [2.05, 4.69) is 65.4 Å². The first-order valence-electron chi connectivity index (χ1n) is 37.5. The number of benzene rings is 3. The van der Waals surface area contributed by atoms with E-state index < -0.39 is 262 Å². The Hall–Kier alpha value is -13.0. The van der Waals surface area contributed by atoms with Crippen molar-refractivity contribution in [2.24, 2.45) is 17.4 Å². The molecule has 0 aliphatic carbocycles. The third-order valence-electron chi connectivity index (χ3n) is 18.1. The zero-order chi connectivity index (χ0) is 87.2. The minimum absolute atomic E-state index is 0.0957.